The normalized spacial score (nSPS) is 20.1. The van der Waals surface area contributed by atoms with Crippen LogP contribution in [0.4, 0.5) is 5.82 Å². The first-order valence-electron chi connectivity index (χ1n) is 4.90. The molecule has 7 heteroatoms. The molecule has 0 bridgehead atoms. The number of hydrogen-bond donors (Lipinski definition) is 0. The van der Waals surface area contributed by atoms with Crippen molar-refractivity contribution in [3.05, 3.63) is 20.2 Å². The van der Waals surface area contributed by atoms with Crippen LogP contribution in [0.1, 0.15) is 6.42 Å². The molecule has 0 spiro atoms. The molecule has 17 heavy (non-hydrogen) atoms. The van der Waals surface area contributed by atoms with Gasteiger partial charge in [-0.2, -0.15) is 0 Å². The smallest absolute Gasteiger partial charge is 0.228 e. The summed E-state index contributed by atoms with van der Waals surface area (Å²) in [5.74, 6) is 1.01. The van der Waals surface area contributed by atoms with E-state index in [2.05, 4.69) is 52.8 Å². The van der Waals surface area contributed by atoms with Gasteiger partial charge in [0.2, 0.25) is 5.91 Å². The Bertz CT molecular complexity index is 469. The Morgan fingerprint density at radius 1 is 1.53 bits per heavy atom. The first-order chi connectivity index (χ1) is 8.04. The fourth-order valence-electron chi connectivity index (χ4n) is 1.71. The molecular weight excluding hydrogens is 439 g/mol. The summed E-state index contributed by atoms with van der Waals surface area (Å²) in [5, 5.41) is 1.35. The Morgan fingerprint density at radius 3 is 2.82 bits per heavy atom. The fraction of sp³-hybridized carbons (Fsp3) is 0.400. The Labute approximate surface area is 129 Å². The molecule has 1 saturated heterocycles. The first kappa shape index (κ1) is 13.8. The molecule has 1 aromatic heterocycles. The van der Waals surface area contributed by atoms with E-state index in [0.29, 0.717) is 38.7 Å². The topological polar surface area (TPSA) is 33.2 Å². The van der Waals surface area contributed by atoms with Crippen molar-refractivity contribution in [3.63, 3.8) is 0 Å². The van der Waals surface area contributed by atoms with Crippen LogP contribution in [0.3, 0.4) is 0 Å². The van der Waals surface area contributed by atoms with Gasteiger partial charge in [-0.3, -0.25) is 9.69 Å². The molecule has 1 aliphatic heterocycles. The number of nitrogens with zero attached hydrogens (tertiary/aromatic N) is 2. The second-order valence-corrected chi connectivity index (χ2v) is 6.46. The third kappa shape index (κ3) is 2.69. The van der Waals surface area contributed by atoms with Gasteiger partial charge in [-0.15, -0.1) is 0 Å². The molecule has 92 valence electrons. The van der Waals surface area contributed by atoms with E-state index in [1.165, 1.54) is 0 Å². The van der Waals surface area contributed by atoms with Crippen LogP contribution < -0.4 is 4.90 Å². The van der Waals surface area contributed by atoms with Gasteiger partial charge in [0, 0.05) is 24.5 Å². The zero-order valence-electron chi connectivity index (χ0n) is 8.59. The van der Waals surface area contributed by atoms with Crippen LogP contribution >= 0.6 is 59.4 Å². The minimum Gasteiger partial charge on any atom is -0.296 e. The van der Waals surface area contributed by atoms with E-state index < -0.39 is 0 Å². The monoisotopic (exact) mass is 444 g/mol. The summed E-state index contributed by atoms with van der Waals surface area (Å²) in [6.45, 7) is 0.674. The summed E-state index contributed by atoms with van der Waals surface area (Å²) in [6, 6.07) is 0. The van der Waals surface area contributed by atoms with Crippen LogP contribution in [0.5, 0.6) is 0 Å². The maximum atomic E-state index is 11.9. The third-order valence-electron chi connectivity index (χ3n) is 2.58. The Morgan fingerprint density at radius 2 is 2.24 bits per heavy atom. The highest BCUT2D eigenvalue weighted by molar-refractivity contribution is 9.11. The molecule has 0 radical (unpaired) electrons. The molecule has 1 unspecified atom stereocenters. The average Bonchev–Trinajstić information content (AvgIpc) is 2.68. The number of aromatic nitrogens is 1. The number of rotatable bonds is 2. The van der Waals surface area contributed by atoms with Gasteiger partial charge in [0.25, 0.3) is 0 Å². The Kier molecular flexibility index (Phi) is 4.50. The Balaban J connectivity index is 2.35. The number of carbonyl (C=O) groups is 1. The molecule has 0 N–H and O–H groups in total. The minimum absolute atomic E-state index is 0.0843. The third-order valence-corrected chi connectivity index (χ3v) is 5.70. The zero-order valence-corrected chi connectivity index (χ0v) is 14.1. The summed E-state index contributed by atoms with van der Waals surface area (Å²) in [5.41, 5.74) is 0. The van der Waals surface area contributed by atoms with Crippen LogP contribution in [-0.2, 0) is 4.79 Å². The van der Waals surface area contributed by atoms with Gasteiger partial charge in [-0.05, 0) is 37.8 Å². The van der Waals surface area contributed by atoms with Crippen LogP contribution in [0.15, 0.2) is 15.1 Å². The van der Waals surface area contributed by atoms with Crippen molar-refractivity contribution in [1.82, 2.24) is 4.98 Å². The minimum atomic E-state index is 0.0843. The van der Waals surface area contributed by atoms with Crippen molar-refractivity contribution >= 4 is 71.1 Å². The van der Waals surface area contributed by atoms with Gasteiger partial charge in [-0.25, -0.2) is 4.98 Å². The average molecular weight is 447 g/mol. The summed E-state index contributed by atoms with van der Waals surface area (Å²) in [4.78, 5) is 17.8. The maximum absolute atomic E-state index is 11.9. The lowest BCUT2D eigenvalue weighted by Crippen LogP contribution is -2.26. The molecular formula is C10H8Br3ClN2O. The number of carbonyl (C=O) groups excluding carboxylic acids is 1. The molecule has 1 aliphatic rings. The largest absolute Gasteiger partial charge is 0.296 e. The highest BCUT2D eigenvalue weighted by atomic mass is 79.9. The predicted octanol–water partition coefficient (Wildman–Crippen LogP) is 4.01. The van der Waals surface area contributed by atoms with Crippen molar-refractivity contribution in [3.8, 4) is 0 Å². The van der Waals surface area contributed by atoms with Gasteiger partial charge in [0.15, 0.2) is 5.82 Å². The van der Waals surface area contributed by atoms with Gasteiger partial charge in [0.1, 0.15) is 0 Å². The predicted molar refractivity (Wildman–Crippen MR) is 78.9 cm³/mol. The molecule has 3 nitrogen and oxygen atoms in total. The van der Waals surface area contributed by atoms with Gasteiger partial charge < -0.3 is 0 Å². The van der Waals surface area contributed by atoms with E-state index in [0.717, 1.165) is 5.33 Å². The number of anilines is 1. The van der Waals surface area contributed by atoms with Crippen LogP contribution in [-0.4, -0.2) is 22.8 Å². The van der Waals surface area contributed by atoms with E-state index in [4.69, 9.17) is 11.6 Å². The number of alkyl halides is 1. The molecule has 2 heterocycles. The summed E-state index contributed by atoms with van der Waals surface area (Å²) in [7, 11) is 0. The van der Waals surface area contributed by atoms with Crippen molar-refractivity contribution in [2.75, 3.05) is 16.8 Å². The van der Waals surface area contributed by atoms with Crippen LogP contribution in [0, 0.1) is 5.92 Å². The molecule has 2 rings (SSSR count). The quantitative estimate of drug-likeness (QED) is 0.643. The standard InChI is InChI=1S/C10H8Br3ClN2O/c11-2-5-1-7(17)16(4-5)10-8(13)9(14)6(12)3-15-10/h3,5H,1-2,4H2. The number of pyridine rings is 1. The number of hydrogen-bond acceptors (Lipinski definition) is 2. The second-order valence-electron chi connectivity index (χ2n) is 3.79. The van der Waals surface area contributed by atoms with Crippen molar-refractivity contribution < 1.29 is 4.79 Å². The SMILES string of the molecule is O=C1CC(CBr)CN1c1ncc(Br)c(Cl)c1Br. The lowest BCUT2D eigenvalue weighted by Gasteiger charge is -2.17. The molecule has 1 aromatic rings. The van der Waals surface area contributed by atoms with E-state index in [1.807, 2.05) is 0 Å². The first-order valence-corrected chi connectivity index (χ1v) is 7.99. The lowest BCUT2D eigenvalue weighted by atomic mass is 10.2. The molecule has 1 atom stereocenters. The van der Waals surface area contributed by atoms with Crippen molar-refractivity contribution in [1.29, 1.82) is 0 Å². The summed E-state index contributed by atoms with van der Waals surface area (Å²) < 4.78 is 1.36. The van der Waals surface area contributed by atoms with Crippen LogP contribution in [0.2, 0.25) is 5.02 Å². The second kappa shape index (κ2) is 5.55. The van der Waals surface area contributed by atoms with Crippen LogP contribution in [0.25, 0.3) is 0 Å². The zero-order chi connectivity index (χ0) is 12.6. The summed E-state index contributed by atoms with van der Waals surface area (Å²) >= 11 is 16.2. The molecule has 1 fully saturated rings. The van der Waals surface area contributed by atoms with E-state index in [9.17, 15) is 4.79 Å². The lowest BCUT2D eigenvalue weighted by molar-refractivity contribution is -0.117. The fourth-order valence-corrected chi connectivity index (χ4v) is 3.38. The summed E-state index contributed by atoms with van der Waals surface area (Å²) in [6.07, 6.45) is 2.16. The number of amides is 1. The molecule has 1 amide bonds. The van der Waals surface area contributed by atoms with Gasteiger partial charge in [-0.1, -0.05) is 27.5 Å². The number of halogens is 4. The van der Waals surface area contributed by atoms with Gasteiger partial charge in [0.05, 0.1) is 14.0 Å². The van der Waals surface area contributed by atoms with Gasteiger partial charge >= 0.3 is 0 Å². The van der Waals surface area contributed by atoms with E-state index in [1.54, 1.807) is 11.1 Å². The molecule has 0 aliphatic carbocycles. The Hall–Kier alpha value is 0.350. The molecule has 0 aromatic carbocycles. The highest BCUT2D eigenvalue weighted by Gasteiger charge is 2.32. The van der Waals surface area contributed by atoms with Crippen molar-refractivity contribution in [2.24, 2.45) is 5.92 Å². The highest BCUT2D eigenvalue weighted by Crippen LogP contribution is 2.38. The maximum Gasteiger partial charge on any atom is 0.228 e. The molecule has 0 saturated carbocycles. The van der Waals surface area contributed by atoms with E-state index in [-0.39, 0.29) is 5.91 Å². The van der Waals surface area contributed by atoms with Crippen molar-refractivity contribution in [2.45, 2.75) is 6.42 Å². The van der Waals surface area contributed by atoms with E-state index >= 15 is 0 Å².